The number of aromatic nitrogens is 2. The van der Waals surface area contributed by atoms with Crippen molar-refractivity contribution < 1.29 is 9.90 Å². The standard InChI is InChI=1S/C11H16N4O2/c1-14(2)8-3-4-15(7-8)10-6-12-9(5-13-10)11(16)17/h5-6,8H,3-4,7H2,1-2H3,(H,16,17). The maximum atomic E-state index is 10.7. The Morgan fingerprint density at radius 2 is 2.24 bits per heavy atom. The summed E-state index contributed by atoms with van der Waals surface area (Å²) in [6.45, 7) is 1.85. The molecule has 0 saturated carbocycles. The van der Waals surface area contributed by atoms with E-state index in [0.29, 0.717) is 6.04 Å². The Morgan fingerprint density at radius 1 is 1.47 bits per heavy atom. The molecule has 6 heteroatoms. The predicted octanol–water partition coefficient (Wildman–Crippen LogP) is 0.315. The minimum atomic E-state index is -1.04. The summed E-state index contributed by atoms with van der Waals surface area (Å²) in [5.74, 6) is -0.295. The molecule has 0 amide bonds. The topological polar surface area (TPSA) is 69.6 Å². The fourth-order valence-electron chi connectivity index (χ4n) is 1.97. The van der Waals surface area contributed by atoms with Crippen molar-refractivity contribution in [2.75, 3.05) is 32.1 Å². The Kier molecular flexibility index (Phi) is 3.23. The molecule has 0 spiro atoms. The van der Waals surface area contributed by atoms with Crippen LogP contribution in [0.3, 0.4) is 0 Å². The second-order valence-corrected chi connectivity index (χ2v) is 4.42. The number of anilines is 1. The van der Waals surface area contributed by atoms with Gasteiger partial charge in [0.15, 0.2) is 5.69 Å². The van der Waals surface area contributed by atoms with E-state index < -0.39 is 5.97 Å². The first-order chi connectivity index (χ1) is 8.08. The first kappa shape index (κ1) is 11.8. The van der Waals surface area contributed by atoms with Gasteiger partial charge in [0.25, 0.3) is 0 Å². The maximum absolute atomic E-state index is 10.7. The number of carboxylic acid groups (broad SMARTS) is 1. The SMILES string of the molecule is CN(C)C1CCN(c2cnc(C(=O)O)cn2)C1. The zero-order valence-corrected chi connectivity index (χ0v) is 10.00. The van der Waals surface area contributed by atoms with Crippen LogP contribution in [-0.2, 0) is 0 Å². The Labute approximate surface area is 99.9 Å². The Balaban J connectivity index is 2.06. The molecule has 1 aliphatic heterocycles. The number of likely N-dealkylation sites (N-methyl/N-ethyl adjacent to an activating group) is 1. The summed E-state index contributed by atoms with van der Waals surface area (Å²) in [4.78, 5) is 23.0. The first-order valence-corrected chi connectivity index (χ1v) is 5.54. The lowest BCUT2D eigenvalue weighted by Gasteiger charge is -2.20. The van der Waals surface area contributed by atoms with Gasteiger partial charge in [-0.25, -0.2) is 14.8 Å². The zero-order chi connectivity index (χ0) is 12.4. The average molecular weight is 236 g/mol. The molecule has 1 atom stereocenters. The fourth-order valence-corrected chi connectivity index (χ4v) is 1.97. The second-order valence-electron chi connectivity index (χ2n) is 4.42. The van der Waals surface area contributed by atoms with E-state index in [2.05, 4.69) is 33.9 Å². The van der Waals surface area contributed by atoms with Crippen molar-refractivity contribution in [1.29, 1.82) is 0 Å². The molecule has 2 heterocycles. The Bertz CT molecular complexity index is 404. The van der Waals surface area contributed by atoms with E-state index in [1.807, 2.05) is 0 Å². The van der Waals surface area contributed by atoms with Gasteiger partial charge in [-0.1, -0.05) is 0 Å². The molecule has 1 aliphatic rings. The average Bonchev–Trinajstić information content (AvgIpc) is 2.78. The van der Waals surface area contributed by atoms with E-state index in [1.54, 1.807) is 0 Å². The molecule has 92 valence electrons. The minimum Gasteiger partial charge on any atom is -0.476 e. The number of carboxylic acids is 1. The molecule has 1 aromatic heterocycles. The molecule has 17 heavy (non-hydrogen) atoms. The summed E-state index contributed by atoms with van der Waals surface area (Å²) in [6, 6.07) is 0.524. The van der Waals surface area contributed by atoms with E-state index in [0.717, 1.165) is 25.3 Å². The lowest BCUT2D eigenvalue weighted by molar-refractivity contribution is 0.0690. The van der Waals surface area contributed by atoms with Gasteiger partial charge in [-0.3, -0.25) is 0 Å². The lowest BCUT2D eigenvalue weighted by atomic mass is 10.2. The number of hydrogen-bond donors (Lipinski definition) is 1. The van der Waals surface area contributed by atoms with Crippen LogP contribution in [0.25, 0.3) is 0 Å². The van der Waals surface area contributed by atoms with Crippen molar-refractivity contribution in [3.63, 3.8) is 0 Å². The summed E-state index contributed by atoms with van der Waals surface area (Å²) >= 11 is 0. The summed E-state index contributed by atoms with van der Waals surface area (Å²) in [6.07, 6.45) is 3.93. The summed E-state index contributed by atoms with van der Waals surface area (Å²) in [7, 11) is 4.13. The molecule has 1 aromatic rings. The van der Waals surface area contributed by atoms with Gasteiger partial charge in [-0.15, -0.1) is 0 Å². The van der Waals surface area contributed by atoms with Gasteiger partial charge in [0, 0.05) is 19.1 Å². The molecule has 1 N–H and O–H groups in total. The van der Waals surface area contributed by atoms with E-state index in [4.69, 9.17) is 5.11 Å². The van der Waals surface area contributed by atoms with Crippen LogP contribution < -0.4 is 4.90 Å². The van der Waals surface area contributed by atoms with Crippen LogP contribution in [0.5, 0.6) is 0 Å². The van der Waals surface area contributed by atoms with E-state index in [9.17, 15) is 4.79 Å². The van der Waals surface area contributed by atoms with Crippen molar-refractivity contribution in [2.24, 2.45) is 0 Å². The van der Waals surface area contributed by atoms with Crippen molar-refractivity contribution in [2.45, 2.75) is 12.5 Å². The number of hydrogen-bond acceptors (Lipinski definition) is 5. The molecule has 0 bridgehead atoms. The van der Waals surface area contributed by atoms with Gasteiger partial charge in [0.05, 0.1) is 12.4 Å². The highest BCUT2D eigenvalue weighted by Crippen LogP contribution is 2.19. The Morgan fingerprint density at radius 3 is 2.71 bits per heavy atom. The van der Waals surface area contributed by atoms with Crippen LogP contribution in [0.1, 0.15) is 16.9 Å². The maximum Gasteiger partial charge on any atom is 0.356 e. The summed E-state index contributed by atoms with van der Waals surface area (Å²) < 4.78 is 0. The quantitative estimate of drug-likeness (QED) is 0.814. The molecule has 0 aromatic carbocycles. The highest BCUT2D eigenvalue weighted by molar-refractivity contribution is 5.84. The lowest BCUT2D eigenvalue weighted by Crippen LogP contribution is -2.31. The third kappa shape index (κ3) is 2.52. The van der Waals surface area contributed by atoms with Gasteiger partial charge >= 0.3 is 5.97 Å². The van der Waals surface area contributed by atoms with Gasteiger partial charge in [0.1, 0.15) is 5.82 Å². The van der Waals surface area contributed by atoms with Crippen LogP contribution in [0.15, 0.2) is 12.4 Å². The van der Waals surface area contributed by atoms with Gasteiger partial charge in [-0.2, -0.15) is 0 Å². The normalized spacial score (nSPS) is 19.9. The zero-order valence-electron chi connectivity index (χ0n) is 10.00. The van der Waals surface area contributed by atoms with E-state index in [-0.39, 0.29) is 5.69 Å². The van der Waals surface area contributed by atoms with Crippen molar-refractivity contribution in [3.05, 3.63) is 18.1 Å². The predicted molar refractivity (Wildman–Crippen MR) is 63.3 cm³/mol. The molecule has 1 fully saturated rings. The Hall–Kier alpha value is -1.69. The molecule has 1 unspecified atom stereocenters. The summed E-state index contributed by atoms with van der Waals surface area (Å²) in [5.41, 5.74) is -0.0166. The summed E-state index contributed by atoms with van der Waals surface area (Å²) in [5, 5.41) is 8.73. The first-order valence-electron chi connectivity index (χ1n) is 5.54. The number of carbonyl (C=O) groups is 1. The van der Waals surface area contributed by atoms with Gasteiger partial charge in [-0.05, 0) is 20.5 Å². The van der Waals surface area contributed by atoms with Crippen molar-refractivity contribution in [1.82, 2.24) is 14.9 Å². The number of aromatic carboxylic acids is 1. The molecule has 6 nitrogen and oxygen atoms in total. The monoisotopic (exact) mass is 236 g/mol. The van der Waals surface area contributed by atoms with E-state index >= 15 is 0 Å². The molecule has 0 aliphatic carbocycles. The number of nitrogens with zero attached hydrogens (tertiary/aromatic N) is 4. The van der Waals surface area contributed by atoms with Crippen molar-refractivity contribution in [3.8, 4) is 0 Å². The number of rotatable bonds is 3. The fraction of sp³-hybridized carbons (Fsp3) is 0.545. The third-order valence-electron chi connectivity index (χ3n) is 3.07. The second kappa shape index (κ2) is 4.67. The van der Waals surface area contributed by atoms with Crippen LogP contribution in [0.2, 0.25) is 0 Å². The molecule has 0 radical (unpaired) electrons. The van der Waals surface area contributed by atoms with Gasteiger partial charge in [0.2, 0.25) is 0 Å². The van der Waals surface area contributed by atoms with Crippen LogP contribution >= 0.6 is 0 Å². The highest BCUT2D eigenvalue weighted by atomic mass is 16.4. The largest absolute Gasteiger partial charge is 0.476 e. The van der Waals surface area contributed by atoms with E-state index in [1.165, 1.54) is 12.4 Å². The van der Waals surface area contributed by atoms with Crippen LogP contribution in [0.4, 0.5) is 5.82 Å². The molecular weight excluding hydrogens is 220 g/mol. The van der Waals surface area contributed by atoms with Gasteiger partial charge < -0.3 is 14.9 Å². The highest BCUT2D eigenvalue weighted by Gasteiger charge is 2.25. The van der Waals surface area contributed by atoms with Crippen LogP contribution in [-0.4, -0.2) is 59.2 Å². The third-order valence-corrected chi connectivity index (χ3v) is 3.07. The molecular formula is C11H16N4O2. The van der Waals surface area contributed by atoms with Crippen LogP contribution in [0, 0.1) is 0 Å². The molecule has 1 saturated heterocycles. The van der Waals surface area contributed by atoms with Crippen molar-refractivity contribution >= 4 is 11.8 Å². The smallest absolute Gasteiger partial charge is 0.356 e. The molecule has 2 rings (SSSR count). The minimum absolute atomic E-state index is 0.0166.